The fourth-order valence-electron chi connectivity index (χ4n) is 2.23. The lowest BCUT2D eigenvalue weighted by atomic mass is 10.1. The van der Waals surface area contributed by atoms with Crippen molar-refractivity contribution in [3.8, 4) is 16.9 Å². The zero-order valence-corrected chi connectivity index (χ0v) is 13.6. The maximum Gasteiger partial charge on any atom is 0.127 e. The largest absolute Gasteiger partial charge is 0.490 e. The van der Waals surface area contributed by atoms with E-state index >= 15 is 0 Å². The molecule has 3 nitrogen and oxygen atoms in total. The van der Waals surface area contributed by atoms with Crippen LogP contribution in [-0.2, 0) is 0 Å². The van der Waals surface area contributed by atoms with E-state index in [2.05, 4.69) is 30.9 Å². The lowest BCUT2D eigenvalue weighted by Crippen LogP contribution is -2.36. The highest BCUT2D eigenvalue weighted by molar-refractivity contribution is 5.70. The van der Waals surface area contributed by atoms with Crippen LogP contribution in [0.25, 0.3) is 11.1 Å². The molecule has 0 heterocycles. The Morgan fingerprint density at radius 3 is 2.32 bits per heavy atom. The first-order valence-electron chi connectivity index (χ1n) is 7.73. The molecule has 0 fully saturated rings. The molecule has 0 aliphatic carbocycles. The smallest absolute Gasteiger partial charge is 0.127 e. The van der Waals surface area contributed by atoms with E-state index in [4.69, 9.17) is 4.74 Å². The van der Waals surface area contributed by atoms with Crippen molar-refractivity contribution in [2.45, 2.75) is 26.0 Å². The van der Waals surface area contributed by atoms with Crippen molar-refractivity contribution in [2.24, 2.45) is 0 Å². The number of para-hydroxylation sites is 1. The Morgan fingerprint density at radius 2 is 1.64 bits per heavy atom. The molecule has 0 saturated carbocycles. The normalized spacial score (nSPS) is 12.6. The predicted molar refractivity (Wildman–Crippen MR) is 91.1 cm³/mol. The third-order valence-electron chi connectivity index (χ3n) is 3.78. The topological polar surface area (TPSA) is 32.7 Å². The Kier molecular flexibility index (Phi) is 5.99. The molecule has 118 valence electrons. The van der Waals surface area contributed by atoms with Crippen molar-refractivity contribution >= 4 is 0 Å². The molecule has 2 aromatic carbocycles. The summed E-state index contributed by atoms with van der Waals surface area (Å²) < 4.78 is 5.86. The third kappa shape index (κ3) is 4.58. The van der Waals surface area contributed by atoms with E-state index in [0.717, 1.165) is 16.9 Å². The molecule has 0 aliphatic heterocycles. The Hall–Kier alpha value is -1.84. The van der Waals surface area contributed by atoms with Crippen molar-refractivity contribution in [3.63, 3.8) is 0 Å². The molecule has 1 unspecified atom stereocenters. The molecule has 1 N–H and O–H groups in total. The summed E-state index contributed by atoms with van der Waals surface area (Å²) in [5.74, 6) is 0.806. The van der Waals surface area contributed by atoms with E-state index in [-0.39, 0.29) is 0 Å². The van der Waals surface area contributed by atoms with E-state index in [1.807, 2.05) is 49.5 Å². The van der Waals surface area contributed by atoms with Crippen LogP contribution in [0, 0.1) is 0 Å². The van der Waals surface area contributed by atoms with Crippen LogP contribution in [0.1, 0.15) is 13.8 Å². The number of aliphatic hydroxyl groups excluding tert-OH is 1. The summed E-state index contributed by atoms with van der Waals surface area (Å²) in [7, 11) is 2.01. The minimum Gasteiger partial charge on any atom is -0.490 e. The van der Waals surface area contributed by atoms with Gasteiger partial charge in [-0.05, 0) is 32.5 Å². The number of benzene rings is 2. The summed E-state index contributed by atoms with van der Waals surface area (Å²) in [5, 5.41) is 10.1. The first kappa shape index (κ1) is 16.5. The van der Waals surface area contributed by atoms with Crippen molar-refractivity contribution in [1.29, 1.82) is 0 Å². The fraction of sp³-hybridized carbons (Fsp3) is 0.368. The molecular formula is C19H25NO2. The number of rotatable bonds is 7. The van der Waals surface area contributed by atoms with Crippen molar-refractivity contribution in [2.75, 3.05) is 20.2 Å². The van der Waals surface area contributed by atoms with Gasteiger partial charge in [0.25, 0.3) is 0 Å². The standard InChI is InChI=1S/C19H25NO2/c1-15(2)20(3)13-17(21)14-22-19-12-8-7-11-18(19)16-9-5-4-6-10-16/h4-12,15,17,21H,13-14H2,1-3H3. The Balaban J connectivity index is 2.02. The van der Waals surface area contributed by atoms with Crippen molar-refractivity contribution in [3.05, 3.63) is 54.6 Å². The molecule has 3 heteroatoms. The summed E-state index contributed by atoms with van der Waals surface area (Å²) in [4.78, 5) is 2.11. The SMILES string of the molecule is CC(C)N(C)CC(O)COc1ccccc1-c1ccccc1. The Morgan fingerprint density at radius 1 is 1.00 bits per heavy atom. The molecule has 0 spiro atoms. The van der Waals surface area contributed by atoms with Gasteiger partial charge in [0, 0.05) is 18.2 Å². The Labute approximate surface area is 133 Å². The summed E-state index contributed by atoms with van der Waals surface area (Å²) in [6.45, 7) is 5.11. The number of hydrogen-bond donors (Lipinski definition) is 1. The predicted octanol–water partition coefficient (Wildman–Crippen LogP) is 3.43. The first-order valence-corrected chi connectivity index (χ1v) is 7.73. The maximum absolute atomic E-state index is 10.1. The second-order valence-corrected chi connectivity index (χ2v) is 5.86. The summed E-state index contributed by atoms with van der Waals surface area (Å²) in [5.41, 5.74) is 2.17. The molecule has 0 aromatic heterocycles. The van der Waals surface area contributed by atoms with Gasteiger partial charge < -0.3 is 14.7 Å². The minimum absolute atomic E-state index is 0.293. The van der Waals surface area contributed by atoms with Crippen molar-refractivity contribution in [1.82, 2.24) is 4.90 Å². The molecule has 0 amide bonds. The van der Waals surface area contributed by atoms with E-state index in [0.29, 0.717) is 19.2 Å². The highest BCUT2D eigenvalue weighted by atomic mass is 16.5. The van der Waals surface area contributed by atoms with Gasteiger partial charge in [-0.3, -0.25) is 0 Å². The van der Waals surface area contributed by atoms with Crippen LogP contribution < -0.4 is 4.74 Å². The zero-order chi connectivity index (χ0) is 15.9. The molecule has 0 radical (unpaired) electrons. The minimum atomic E-state index is -0.503. The molecule has 2 rings (SSSR count). The van der Waals surface area contributed by atoms with Gasteiger partial charge >= 0.3 is 0 Å². The lowest BCUT2D eigenvalue weighted by Gasteiger charge is -2.24. The molecule has 2 aromatic rings. The van der Waals surface area contributed by atoms with Gasteiger partial charge in [0.2, 0.25) is 0 Å². The summed E-state index contributed by atoms with van der Waals surface area (Å²) in [6.07, 6.45) is -0.503. The molecular weight excluding hydrogens is 274 g/mol. The average Bonchev–Trinajstić information content (AvgIpc) is 2.54. The van der Waals surface area contributed by atoms with Crippen LogP contribution in [0.2, 0.25) is 0 Å². The molecule has 22 heavy (non-hydrogen) atoms. The van der Waals surface area contributed by atoms with E-state index in [9.17, 15) is 5.11 Å². The maximum atomic E-state index is 10.1. The highest BCUT2D eigenvalue weighted by Crippen LogP contribution is 2.29. The van der Waals surface area contributed by atoms with Gasteiger partial charge in [-0.25, -0.2) is 0 Å². The first-order chi connectivity index (χ1) is 10.6. The number of hydrogen-bond acceptors (Lipinski definition) is 3. The highest BCUT2D eigenvalue weighted by Gasteiger charge is 2.12. The van der Waals surface area contributed by atoms with E-state index in [1.54, 1.807) is 0 Å². The molecule has 0 saturated heterocycles. The second-order valence-electron chi connectivity index (χ2n) is 5.86. The van der Waals surface area contributed by atoms with Gasteiger partial charge in [0.05, 0.1) is 0 Å². The molecule has 0 bridgehead atoms. The van der Waals surface area contributed by atoms with Crippen LogP contribution in [0.15, 0.2) is 54.6 Å². The van der Waals surface area contributed by atoms with Gasteiger partial charge in [-0.2, -0.15) is 0 Å². The van der Waals surface area contributed by atoms with Gasteiger partial charge in [-0.15, -0.1) is 0 Å². The van der Waals surface area contributed by atoms with Crippen LogP contribution in [0.3, 0.4) is 0 Å². The number of aliphatic hydroxyl groups is 1. The van der Waals surface area contributed by atoms with Gasteiger partial charge in [-0.1, -0.05) is 48.5 Å². The monoisotopic (exact) mass is 299 g/mol. The number of nitrogens with zero attached hydrogens (tertiary/aromatic N) is 1. The van der Waals surface area contributed by atoms with Crippen molar-refractivity contribution < 1.29 is 9.84 Å². The fourth-order valence-corrected chi connectivity index (χ4v) is 2.23. The molecule has 1 atom stereocenters. The lowest BCUT2D eigenvalue weighted by molar-refractivity contribution is 0.0680. The Bertz CT molecular complexity index is 569. The third-order valence-corrected chi connectivity index (χ3v) is 3.78. The summed E-state index contributed by atoms with van der Waals surface area (Å²) >= 11 is 0. The quantitative estimate of drug-likeness (QED) is 0.850. The molecule has 0 aliphatic rings. The van der Waals surface area contributed by atoms with E-state index < -0.39 is 6.10 Å². The number of ether oxygens (including phenoxy) is 1. The van der Waals surface area contributed by atoms with Crippen LogP contribution in [-0.4, -0.2) is 42.4 Å². The van der Waals surface area contributed by atoms with Gasteiger partial charge in [0.15, 0.2) is 0 Å². The summed E-state index contributed by atoms with van der Waals surface area (Å²) in [6, 6.07) is 18.5. The van der Waals surface area contributed by atoms with Gasteiger partial charge in [0.1, 0.15) is 18.5 Å². The second kappa shape index (κ2) is 7.97. The van der Waals surface area contributed by atoms with Crippen LogP contribution >= 0.6 is 0 Å². The van der Waals surface area contributed by atoms with Crippen LogP contribution in [0.4, 0.5) is 0 Å². The van der Waals surface area contributed by atoms with Crippen LogP contribution in [0.5, 0.6) is 5.75 Å². The number of likely N-dealkylation sites (N-methyl/N-ethyl adjacent to an activating group) is 1. The zero-order valence-electron chi connectivity index (χ0n) is 13.6. The van der Waals surface area contributed by atoms with E-state index in [1.165, 1.54) is 0 Å². The average molecular weight is 299 g/mol.